The largest absolute Gasteiger partial charge is 0.484 e. The molecule has 1 saturated heterocycles. The SMILES string of the molecule is Cc1ccc(S(=O)(=O)N(C)c2ccc(C(=O)N/N=C\c3ccc(OCC(=O)NC[C@@H]4CCCO4)cc3)cc2)cc1. The molecule has 0 unspecified atom stereocenters. The summed E-state index contributed by atoms with van der Waals surface area (Å²) in [4.78, 5) is 24.6. The van der Waals surface area contributed by atoms with E-state index in [4.69, 9.17) is 9.47 Å². The molecular formula is C29H32N4O6S. The Morgan fingerprint density at radius 1 is 1.05 bits per heavy atom. The molecule has 10 nitrogen and oxygen atoms in total. The van der Waals surface area contributed by atoms with E-state index in [1.165, 1.54) is 29.7 Å². The molecule has 0 bridgehead atoms. The van der Waals surface area contributed by atoms with E-state index in [1.807, 2.05) is 6.92 Å². The Morgan fingerprint density at radius 2 is 1.75 bits per heavy atom. The number of nitrogens with one attached hydrogen (secondary N) is 2. The van der Waals surface area contributed by atoms with Crippen LogP contribution in [0.4, 0.5) is 5.69 Å². The quantitative estimate of drug-likeness (QED) is 0.272. The van der Waals surface area contributed by atoms with Crippen LogP contribution in [0.25, 0.3) is 0 Å². The summed E-state index contributed by atoms with van der Waals surface area (Å²) in [5, 5.41) is 6.78. The first-order valence-corrected chi connectivity index (χ1v) is 14.3. The summed E-state index contributed by atoms with van der Waals surface area (Å²) in [6, 6.07) is 19.7. The van der Waals surface area contributed by atoms with Gasteiger partial charge in [0.15, 0.2) is 6.61 Å². The molecule has 40 heavy (non-hydrogen) atoms. The molecule has 3 aromatic rings. The maximum absolute atomic E-state index is 12.9. The van der Waals surface area contributed by atoms with Gasteiger partial charge in [-0.25, -0.2) is 13.8 Å². The number of rotatable bonds is 11. The van der Waals surface area contributed by atoms with Crippen LogP contribution < -0.4 is 19.8 Å². The average Bonchev–Trinajstić information content (AvgIpc) is 3.49. The van der Waals surface area contributed by atoms with Gasteiger partial charge < -0.3 is 14.8 Å². The highest BCUT2D eigenvalue weighted by Gasteiger charge is 2.21. The van der Waals surface area contributed by atoms with E-state index in [1.54, 1.807) is 60.7 Å². The number of hydrogen-bond donors (Lipinski definition) is 2. The predicted octanol–water partition coefficient (Wildman–Crippen LogP) is 3.26. The van der Waals surface area contributed by atoms with Crippen molar-refractivity contribution in [2.24, 2.45) is 5.10 Å². The second-order valence-corrected chi connectivity index (χ2v) is 11.3. The highest BCUT2D eigenvalue weighted by Crippen LogP contribution is 2.23. The van der Waals surface area contributed by atoms with Crippen molar-refractivity contribution in [1.82, 2.24) is 10.7 Å². The zero-order chi connectivity index (χ0) is 28.5. The van der Waals surface area contributed by atoms with Crippen LogP contribution in [-0.4, -0.2) is 59.4 Å². The van der Waals surface area contributed by atoms with Crippen LogP contribution in [0, 0.1) is 6.92 Å². The van der Waals surface area contributed by atoms with Gasteiger partial charge >= 0.3 is 0 Å². The Morgan fingerprint density at radius 3 is 2.40 bits per heavy atom. The molecular weight excluding hydrogens is 532 g/mol. The van der Waals surface area contributed by atoms with Crippen molar-refractivity contribution in [3.63, 3.8) is 0 Å². The van der Waals surface area contributed by atoms with E-state index < -0.39 is 15.9 Å². The Labute approximate surface area is 234 Å². The maximum atomic E-state index is 12.9. The van der Waals surface area contributed by atoms with E-state index in [2.05, 4.69) is 15.8 Å². The van der Waals surface area contributed by atoms with E-state index in [-0.39, 0.29) is 23.5 Å². The van der Waals surface area contributed by atoms with Crippen LogP contribution in [0.15, 0.2) is 82.8 Å². The molecule has 0 saturated carbocycles. The lowest BCUT2D eigenvalue weighted by molar-refractivity contribution is -0.123. The number of ether oxygens (including phenoxy) is 2. The molecule has 0 aliphatic carbocycles. The summed E-state index contributed by atoms with van der Waals surface area (Å²) in [7, 11) is -2.26. The number of benzene rings is 3. The number of amides is 2. The minimum absolute atomic E-state index is 0.0808. The van der Waals surface area contributed by atoms with Crippen molar-refractivity contribution in [3.8, 4) is 5.75 Å². The molecule has 2 N–H and O–H groups in total. The molecule has 2 amide bonds. The van der Waals surface area contributed by atoms with Gasteiger partial charge in [-0.15, -0.1) is 0 Å². The molecule has 11 heteroatoms. The third-order valence-electron chi connectivity index (χ3n) is 6.35. The molecule has 0 spiro atoms. The number of carbonyl (C=O) groups excluding carboxylic acids is 2. The minimum atomic E-state index is -3.73. The van der Waals surface area contributed by atoms with Gasteiger partial charge in [-0.05, 0) is 86.0 Å². The fraction of sp³-hybridized carbons (Fsp3) is 0.276. The summed E-state index contributed by atoms with van der Waals surface area (Å²) < 4.78 is 37.9. The number of hydrazone groups is 1. The van der Waals surface area contributed by atoms with Crippen molar-refractivity contribution in [1.29, 1.82) is 0 Å². The van der Waals surface area contributed by atoms with Crippen LogP contribution in [-0.2, 0) is 19.6 Å². The summed E-state index contributed by atoms with van der Waals surface area (Å²) in [6.07, 6.45) is 3.53. The average molecular weight is 565 g/mol. The van der Waals surface area contributed by atoms with Gasteiger partial charge in [-0.3, -0.25) is 13.9 Å². The number of nitrogens with zero attached hydrogens (tertiary/aromatic N) is 2. The van der Waals surface area contributed by atoms with Crippen molar-refractivity contribution in [2.75, 3.05) is 31.1 Å². The van der Waals surface area contributed by atoms with E-state index in [0.29, 0.717) is 29.1 Å². The van der Waals surface area contributed by atoms with Crippen LogP contribution in [0.5, 0.6) is 5.75 Å². The lowest BCUT2D eigenvalue weighted by Crippen LogP contribution is -2.35. The van der Waals surface area contributed by atoms with Gasteiger partial charge in [-0.2, -0.15) is 5.10 Å². The van der Waals surface area contributed by atoms with Gasteiger partial charge in [-0.1, -0.05) is 17.7 Å². The number of aryl methyl sites for hydroxylation is 1. The van der Waals surface area contributed by atoms with Crippen LogP contribution in [0.1, 0.15) is 34.3 Å². The van der Waals surface area contributed by atoms with E-state index in [9.17, 15) is 18.0 Å². The molecule has 1 aliphatic heterocycles. The second kappa shape index (κ2) is 13.2. The number of anilines is 1. The van der Waals surface area contributed by atoms with Gasteiger partial charge in [0.05, 0.1) is 22.9 Å². The third kappa shape index (κ3) is 7.67. The van der Waals surface area contributed by atoms with Gasteiger partial charge in [0.2, 0.25) is 0 Å². The minimum Gasteiger partial charge on any atom is -0.484 e. The van der Waals surface area contributed by atoms with Gasteiger partial charge in [0, 0.05) is 25.8 Å². The first-order valence-electron chi connectivity index (χ1n) is 12.8. The van der Waals surface area contributed by atoms with Crippen molar-refractivity contribution in [2.45, 2.75) is 30.8 Å². The molecule has 0 radical (unpaired) electrons. The Kier molecular flexibility index (Phi) is 9.52. The lowest BCUT2D eigenvalue weighted by Gasteiger charge is -2.19. The molecule has 210 valence electrons. The normalized spacial score (nSPS) is 15.1. The first-order chi connectivity index (χ1) is 19.2. The number of carbonyl (C=O) groups is 2. The Bertz CT molecular complexity index is 1430. The fourth-order valence-corrected chi connectivity index (χ4v) is 5.14. The maximum Gasteiger partial charge on any atom is 0.271 e. The summed E-state index contributed by atoms with van der Waals surface area (Å²) >= 11 is 0. The van der Waals surface area contributed by atoms with Crippen LogP contribution in [0.2, 0.25) is 0 Å². The monoisotopic (exact) mass is 564 g/mol. The first kappa shape index (κ1) is 28.8. The van der Waals surface area contributed by atoms with Gasteiger partial charge in [0.25, 0.3) is 21.8 Å². The molecule has 1 fully saturated rings. The second-order valence-electron chi connectivity index (χ2n) is 9.33. The molecule has 1 aliphatic rings. The van der Waals surface area contributed by atoms with Crippen LogP contribution in [0.3, 0.4) is 0 Å². The third-order valence-corrected chi connectivity index (χ3v) is 8.15. The topological polar surface area (TPSA) is 126 Å². The zero-order valence-corrected chi connectivity index (χ0v) is 23.2. The highest BCUT2D eigenvalue weighted by atomic mass is 32.2. The fourth-order valence-electron chi connectivity index (χ4n) is 3.94. The molecule has 1 atom stereocenters. The van der Waals surface area contributed by atoms with E-state index in [0.717, 1.165) is 25.0 Å². The van der Waals surface area contributed by atoms with Crippen molar-refractivity contribution in [3.05, 3.63) is 89.5 Å². The number of hydrogen-bond acceptors (Lipinski definition) is 7. The molecule has 4 rings (SSSR count). The standard InChI is InChI=1S/C29H32N4O6S/c1-21-5-15-27(16-6-21)40(36,37)33(2)24-11-9-23(10-12-24)29(35)32-31-18-22-7-13-25(14-8-22)39-20-28(34)30-19-26-4-3-17-38-26/h5-16,18,26H,3-4,17,19-20H2,1-2H3,(H,30,34)(H,32,35)/b31-18-/t26-/m0/s1. The van der Waals surface area contributed by atoms with Crippen molar-refractivity contribution < 1.29 is 27.5 Å². The zero-order valence-electron chi connectivity index (χ0n) is 22.4. The van der Waals surface area contributed by atoms with Gasteiger partial charge in [0.1, 0.15) is 5.75 Å². The molecule has 1 heterocycles. The highest BCUT2D eigenvalue weighted by molar-refractivity contribution is 7.92. The summed E-state index contributed by atoms with van der Waals surface area (Å²) in [6.45, 7) is 3.02. The molecule has 0 aromatic heterocycles. The Hall–Kier alpha value is -4.22. The summed E-state index contributed by atoms with van der Waals surface area (Å²) in [5.74, 6) is -0.125. The van der Waals surface area contributed by atoms with Crippen molar-refractivity contribution >= 4 is 33.7 Å². The van der Waals surface area contributed by atoms with Crippen LogP contribution >= 0.6 is 0 Å². The predicted molar refractivity (Wildman–Crippen MR) is 152 cm³/mol. The van der Waals surface area contributed by atoms with E-state index >= 15 is 0 Å². The smallest absolute Gasteiger partial charge is 0.271 e. The lowest BCUT2D eigenvalue weighted by atomic mass is 10.2. The number of sulfonamides is 1. The Balaban J connectivity index is 1.24. The summed E-state index contributed by atoms with van der Waals surface area (Å²) in [5.41, 5.74) is 4.88. The molecule has 3 aromatic carbocycles.